The minimum absolute atomic E-state index is 0.389. The van der Waals surface area contributed by atoms with Crippen LogP contribution >= 0.6 is 11.8 Å². The summed E-state index contributed by atoms with van der Waals surface area (Å²) in [4.78, 5) is 12.8. The fourth-order valence-electron chi connectivity index (χ4n) is 1.02. The first kappa shape index (κ1) is 10.0. The molecule has 0 saturated heterocycles. The summed E-state index contributed by atoms with van der Waals surface area (Å²) >= 11 is 5.28. The molecule has 13 heavy (non-hydrogen) atoms. The third kappa shape index (κ3) is 3.05. The number of carboxylic acids is 1. The Morgan fingerprint density at radius 3 is 2.54 bits per heavy atom. The van der Waals surface area contributed by atoms with Gasteiger partial charge in [-0.3, -0.25) is 4.79 Å². The van der Waals surface area contributed by atoms with Crippen molar-refractivity contribution in [3.63, 3.8) is 0 Å². The number of hydrogen-bond donors (Lipinski definition) is 2. The van der Waals surface area contributed by atoms with Gasteiger partial charge in [0, 0.05) is 0 Å². The molecule has 0 aliphatic carbocycles. The lowest BCUT2D eigenvalue weighted by Crippen LogP contribution is -2.32. The Bertz CT molecular complexity index is 276. The Morgan fingerprint density at radius 1 is 1.46 bits per heavy atom. The molecule has 0 aliphatic rings. The molecule has 0 bridgehead atoms. The van der Waals surface area contributed by atoms with Crippen LogP contribution in [0.15, 0.2) is 30.3 Å². The van der Waals surface area contributed by atoms with Crippen LogP contribution in [0.5, 0.6) is 0 Å². The largest absolute Gasteiger partial charge is 0.480 e. The Morgan fingerprint density at radius 2 is 2.08 bits per heavy atom. The van der Waals surface area contributed by atoms with Crippen LogP contribution in [0, 0.1) is 0 Å². The second-order valence-corrected chi connectivity index (χ2v) is 2.91. The van der Waals surface area contributed by atoms with Gasteiger partial charge in [0.1, 0.15) is 6.04 Å². The number of aliphatic carboxylic acids is 1. The van der Waals surface area contributed by atoms with E-state index >= 15 is 0 Å². The Kier molecular flexibility index (Phi) is 3.73. The number of rotatable bonds is 4. The van der Waals surface area contributed by atoms with Crippen molar-refractivity contribution in [2.45, 2.75) is 12.5 Å². The lowest BCUT2D eigenvalue weighted by molar-refractivity contribution is -0.138. The molecule has 0 radical (unpaired) electrons. The predicted molar refractivity (Wildman–Crippen MR) is 50.6 cm³/mol. The summed E-state index contributed by atoms with van der Waals surface area (Å²) < 4.78 is 0. The number of benzene rings is 1. The molecule has 1 aromatic rings. The zero-order valence-electron chi connectivity index (χ0n) is 6.90. The van der Waals surface area contributed by atoms with Crippen LogP contribution in [0.3, 0.4) is 0 Å². The third-order valence-corrected chi connectivity index (χ3v) is 1.98. The lowest BCUT2D eigenvalue weighted by atomic mass is 10.1. The quantitative estimate of drug-likeness (QED) is 0.722. The SMILES string of the molecule is O=C(O)C(Cc1ccccc1)NCl. The molecule has 0 fully saturated rings. The Labute approximate surface area is 81.4 Å². The second kappa shape index (κ2) is 4.84. The molecule has 1 aromatic carbocycles. The average Bonchev–Trinajstić information content (AvgIpc) is 2.15. The fourth-order valence-corrected chi connectivity index (χ4v) is 1.19. The molecule has 0 amide bonds. The van der Waals surface area contributed by atoms with Gasteiger partial charge in [0.15, 0.2) is 0 Å². The van der Waals surface area contributed by atoms with Gasteiger partial charge in [-0.05, 0) is 23.8 Å². The van der Waals surface area contributed by atoms with E-state index in [0.717, 1.165) is 5.56 Å². The summed E-state index contributed by atoms with van der Waals surface area (Å²) in [5.41, 5.74) is 0.947. The number of nitrogens with one attached hydrogen (secondary N) is 1. The molecule has 1 atom stereocenters. The molecule has 1 rings (SSSR count). The van der Waals surface area contributed by atoms with E-state index in [1.807, 2.05) is 30.3 Å². The molecule has 70 valence electrons. The van der Waals surface area contributed by atoms with Gasteiger partial charge in [-0.25, -0.2) is 4.84 Å². The number of hydrogen-bond acceptors (Lipinski definition) is 2. The lowest BCUT2D eigenvalue weighted by Gasteiger charge is -2.08. The maximum Gasteiger partial charge on any atom is 0.322 e. The van der Waals surface area contributed by atoms with E-state index in [4.69, 9.17) is 16.9 Å². The van der Waals surface area contributed by atoms with Gasteiger partial charge in [-0.2, -0.15) is 0 Å². The van der Waals surface area contributed by atoms with Crippen LogP contribution in [0.25, 0.3) is 0 Å². The van der Waals surface area contributed by atoms with Gasteiger partial charge in [0.2, 0.25) is 0 Å². The van der Waals surface area contributed by atoms with Gasteiger partial charge >= 0.3 is 5.97 Å². The van der Waals surface area contributed by atoms with Crippen molar-refractivity contribution in [1.29, 1.82) is 0 Å². The van der Waals surface area contributed by atoms with Gasteiger partial charge in [-0.1, -0.05) is 30.3 Å². The molecular weight excluding hydrogens is 190 g/mol. The maximum absolute atomic E-state index is 10.6. The molecule has 0 aliphatic heterocycles. The van der Waals surface area contributed by atoms with Gasteiger partial charge < -0.3 is 5.11 Å². The third-order valence-electron chi connectivity index (χ3n) is 1.71. The molecule has 0 heterocycles. The second-order valence-electron chi connectivity index (χ2n) is 2.69. The van der Waals surface area contributed by atoms with E-state index in [2.05, 4.69) is 4.84 Å². The zero-order chi connectivity index (χ0) is 9.68. The van der Waals surface area contributed by atoms with Crippen LogP contribution in [-0.2, 0) is 11.2 Å². The number of halogens is 1. The standard InChI is InChI=1S/C9H10ClNO2/c10-11-8(9(12)13)6-7-4-2-1-3-5-7/h1-5,8,11H,6H2,(H,12,13). The topological polar surface area (TPSA) is 49.3 Å². The zero-order valence-corrected chi connectivity index (χ0v) is 7.66. The van der Waals surface area contributed by atoms with Gasteiger partial charge in [-0.15, -0.1) is 0 Å². The normalized spacial score (nSPS) is 12.4. The first-order chi connectivity index (χ1) is 6.24. The highest BCUT2D eigenvalue weighted by atomic mass is 35.5. The molecule has 1 unspecified atom stereocenters. The smallest absolute Gasteiger partial charge is 0.322 e. The summed E-state index contributed by atoms with van der Waals surface area (Å²) in [6.07, 6.45) is 0.389. The molecule has 0 saturated carbocycles. The van der Waals surface area contributed by atoms with Crippen LogP contribution in [-0.4, -0.2) is 17.1 Å². The van der Waals surface area contributed by atoms with E-state index < -0.39 is 12.0 Å². The van der Waals surface area contributed by atoms with Crippen LogP contribution < -0.4 is 4.84 Å². The van der Waals surface area contributed by atoms with E-state index in [1.165, 1.54) is 0 Å². The Balaban J connectivity index is 2.62. The van der Waals surface area contributed by atoms with E-state index in [1.54, 1.807) is 0 Å². The van der Waals surface area contributed by atoms with E-state index in [0.29, 0.717) is 6.42 Å². The summed E-state index contributed by atoms with van der Waals surface area (Å²) in [6.45, 7) is 0. The maximum atomic E-state index is 10.6. The minimum Gasteiger partial charge on any atom is -0.480 e. The number of carboxylic acid groups (broad SMARTS) is 1. The van der Waals surface area contributed by atoms with Gasteiger partial charge in [0.05, 0.1) is 0 Å². The monoisotopic (exact) mass is 199 g/mol. The minimum atomic E-state index is -0.946. The van der Waals surface area contributed by atoms with Crippen LogP contribution in [0.2, 0.25) is 0 Å². The average molecular weight is 200 g/mol. The predicted octanol–water partition coefficient (Wildman–Crippen LogP) is 1.43. The van der Waals surface area contributed by atoms with Crippen LogP contribution in [0.4, 0.5) is 0 Å². The van der Waals surface area contributed by atoms with Crippen molar-refractivity contribution in [2.24, 2.45) is 0 Å². The molecular formula is C9H10ClNO2. The van der Waals surface area contributed by atoms with Crippen molar-refractivity contribution in [2.75, 3.05) is 0 Å². The van der Waals surface area contributed by atoms with Crippen molar-refractivity contribution in [3.05, 3.63) is 35.9 Å². The first-order valence-corrected chi connectivity index (χ1v) is 4.24. The van der Waals surface area contributed by atoms with Crippen molar-refractivity contribution >= 4 is 17.7 Å². The highest BCUT2D eigenvalue weighted by molar-refractivity contribution is 6.14. The van der Waals surface area contributed by atoms with Gasteiger partial charge in [0.25, 0.3) is 0 Å². The summed E-state index contributed by atoms with van der Waals surface area (Å²) in [6, 6.07) is 8.61. The fraction of sp³-hybridized carbons (Fsp3) is 0.222. The first-order valence-electron chi connectivity index (χ1n) is 3.87. The molecule has 0 aromatic heterocycles. The van der Waals surface area contributed by atoms with Crippen molar-refractivity contribution in [3.8, 4) is 0 Å². The summed E-state index contributed by atoms with van der Waals surface area (Å²) in [5, 5.41) is 8.69. The highest BCUT2D eigenvalue weighted by Crippen LogP contribution is 2.03. The number of carbonyl (C=O) groups is 1. The molecule has 0 spiro atoms. The summed E-state index contributed by atoms with van der Waals surface area (Å²) in [7, 11) is 0. The van der Waals surface area contributed by atoms with E-state index in [-0.39, 0.29) is 0 Å². The highest BCUT2D eigenvalue weighted by Gasteiger charge is 2.15. The summed E-state index contributed by atoms with van der Waals surface area (Å²) in [5.74, 6) is -0.946. The molecule has 2 N–H and O–H groups in total. The van der Waals surface area contributed by atoms with E-state index in [9.17, 15) is 4.79 Å². The molecule has 4 heteroatoms. The Hall–Kier alpha value is -1.06. The van der Waals surface area contributed by atoms with Crippen molar-refractivity contribution in [1.82, 2.24) is 4.84 Å². The molecule has 3 nitrogen and oxygen atoms in total. The van der Waals surface area contributed by atoms with Crippen LogP contribution in [0.1, 0.15) is 5.56 Å². The van der Waals surface area contributed by atoms with Crippen molar-refractivity contribution < 1.29 is 9.90 Å².